The van der Waals surface area contributed by atoms with Gasteiger partial charge >= 0.3 is 6.61 Å². The minimum atomic E-state index is -2.83. The van der Waals surface area contributed by atoms with Gasteiger partial charge in [0, 0.05) is 31.1 Å². The molecule has 1 atom stereocenters. The number of nitrogens with one attached hydrogen (secondary N) is 2. The van der Waals surface area contributed by atoms with Crippen molar-refractivity contribution in [2.45, 2.75) is 25.6 Å². The third-order valence-corrected chi connectivity index (χ3v) is 5.06. The first-order chi connectivity index (χ1) is 12.7. The summed E-state index contributed by atoms with van der Waals surface area (Å²) in [4.78, 5) is 7.56. The molecule has 1 unspecified atom stereocenters. The summed E-state index contributed by atoms with van der Waals surface area (Å²) in [6.45, 7) is -0.640. The van der Waals surface area contributed by atoms with Crippen molar-refractivity contribution >= 4 is 23.0 Å². The van der Waals surface area contributed by atoms with Crippen molar-refractivity contribution in [3.63, 3.8) is 0 Å². The van der Waals surface area contributed by atoms with E-state index in [0.717, 1.165) is 25.5 Å². The van der Waals surface area contributed by atoms with Crippen molar-refractivity contribution < 1.29 is 13.5 Å². The lowest BCUT2D eigenvalue weighted by Gasteiger charge is -2.22. The van der Waals surface area contributed by atoms with Crippen LogP contribution in [0.15, 0.2) is 46.8 Å². The Labute approximate surface area is 155 Å². The molecule has 0 spiro atoms. The fourth-order valence-electron chi connectivity index (χ4n) is 2.98. The predicted molar refractivity (Wildman–Crippen MR) is 101 cm³/mol. The lowest BCUT2D eigenvalue weighted by Crippen LogP contribution is -2.44. The molecule has 1 aliphatic rings. The Hall–Kier alpha value is -2.35. The van der Waals surface area contributed by atoms with E-state index in [4.69, 9.17) is 0 Å². The Balaban J connectivity index is 1.56. The zero-order valence-electron chi connectivity index (χ0n) is 14.5. The highest BCUT2D eigenvalue weighted by Gasteiger charge is 2.26. The molecule has 0 saturated carbocycles. The Morgan fingerprint density at radius 3 is 2.92 bits per heavy atom. The Morgan fingerprint density at radius 1 is 1.35 bits per heavy atom. The third kappa shape index (κ3) is 4.85. The quantitative estimate of drug-likeness (QED) is 0.596. The summed E-state index contributed by atoms with van der Waals surface area (Å²) in [6.07, 6.45) is 0.892. The summed E-state index contributed by atoms with van der Waals surface area (Å²) in [6, 6.07) is 11.2. The molecule has 1 saturated heterocycles. The Kier molecular flexibility index (Phi) is 6.27. The summed E-state index contributed by atoms with van der Waals surface area (Å²) >= 11 is 1.69. The molecule has 3 rings (SSSR count). The number of hydrogen-bond acceptors (Lipinski definition) is 4. The summed E-state index contributed by atoms with van der Waals surface area (Å²) in [5, 5.41) is 8.74. The molecule has 0 bridgehead atoms. The first-order valence-corrected chi connectivity index (χ1v) is 9.32. The molecule has 8 heteroatoms. The van der Waals surface area contributed by atoms with Crippen molar-refractivity contribution in [3.05, 3.63) is 46.7 Å². The number of rotatable bonds is 6. The fraction of sp³-hybridized carbons (Fsp3) is 0.389. The van der Waals surface area contributed by atoms with Gasteiger partial charge in [-0.2, -0.15) is 8.78 Å². The van der Waals surface area contributed by atoms with E-state index in [1.807, 2.05) is 23.6 Å². The second-order valence-electron chi connectivity index (χ2n) is 5.93. The number of ether oxygens (including phenoxy) is 1. The van der Waals surface area contributed by atoms with Gasteiger partial charge in [-0.15, -0.1) is 11.3 Å². The smallest absolute Gasteiger partial charge is 0.387 e. The summed E-state index contributed by atoms with van der Waals surface area (Å²) < 4.78 is 29.9. The Morgan fingerprint density at radius 2 is 2.19 bits per heavy atom. The molecular weight excluding hydrogens is 358 g/mol. The van der Waals surface area contributed by atoms with Gasteiger partial charge in [0.05, 0.1) is 12.2 Å². The lowest BCUT2D eigenvalue weighted by molar-refractivity contribution is -0.0495. The average molecular weight is 380 g/mol. The van der Waals surface area contributed by atoms with Gasteiger partial charge in [0.25, 0.3) is 0 Å². The number of benzene rings is 1. The maximum atomic E-state index is 12.6. The molecule has 2 heterocycles. The molecule has 2 N–H and O–H groups in total. The first kappa shape index (κ1) is 18.4. The van der Waals surface area contributed by atoms with Crippen LogP contribution in [0.2, 0.25) is 0 Å². The number of guanidine groups is 1. The van der Waals surface area contributed by atoms with Crippen molar-refractivity contribution in [1.29, 1.82) is 0 Å². The molecule has 0 aliphatic carbocycles. The lowest BCUT2D eigenvalue weighted by atomic mass is 10.2. The number of halogens is 2. The minimum absolute atomic E-state index is 0.184. The van der Waals surface area contributed by atoms with E-state index in [0.29, 0.717) is 12.2 Å². The monoisotopic (exact) mass is 380 g/mol. The molecule has 140 valence electrons. The van der Waals surface area contributed by atoms with Crippen LogP contribution >= 0.6 is 11.3 Å². The molecule has 1 aliphatic heterocycles. The predicted octanol–water partition coefficient (Wildman–Crippen LogP) is 3.29. The van der Waals surface area contributed by atoms with Crippen LogP contribution in [0.25, 0.3) is 0 Å². The van der Waals surface area contributed by atoms with Crippen LogP contribution in [0.5, 0.6) is 5.75 Å². The van der Waals surface area contributed by atoms with Crippen molar-refractivity contribution in [2.75, 3.05) is 25.0 Å². The highest BCUT2D eigenvalue weighted by Crippen LogP contribution is 2.31. The van der Waals surface area contributed by atoms with Gasteiger partial charge < -0.3 is 20.3 Å². The van der Waals surface area contributed by atoms with Crippen LogP contribution in [0.3, 0.4) is 0 Å². The number of hydrogen-bond donors (Lipinski definition) is 2. The van der Waals surface area contributed by atoms with E-state index in [1.54, 1.807) is 30.5 Å². The standard InChI is InChI=1S/C18H22F2N4OS/c1-21-18(22-11-14-5-4-10-26-14)23-13-8-9-24(12-13)15-6-2-3-7-16(15)25-17(19)20/h2-7,10,13,17H,8-9,11-12H2,1H3,(H2,21,22,23). The topological polar surface area (TPSA) is 48.9 Å². The normalized spacial score (nSPS) is 17.6. The molecule has 0 radical (unpaired) electrons. The number of para-hydroxylation sites is 2. The molecule has 1 aromatic carbocycles. The van der Waals surface area contributed by atoms with E-state index in [1.165, 1.54) is 4.88 Å². The molecule has 26 heavy (non-hydrogen) atoms. The molecule has 5 nitrogen and oxygen atoms in total. The fourth-order valence-corrected chi connectivity index (χ4v) is 3.63. The van der Waals surface area contributed by atoms with Crippen LogP contribution < -0.4 is 20.3 Å². The van der Waals surface area contributed by atoms with Gasteiger partial charge in [-0.1, -0.05) is 18.2 Å². The van der Waals surface area contributed by atoms with E-state index in [2.05, 4.69) is 31.3 Å². The van der Waals surface area contributed by atoms with E-state index < -0.39 is 6.61 Å². The van der Waals surface area contributed by atoms with Crippen LogP contribution in [0.4, 0.5) is 14.5 Å². The van der Waals surface area contributed by atoms with E-state index in [9.17, 15) is 8.78 Å². The van der Waals surface area contributed by atoms with Crippen molar-refractivity contribution in [3.8, 4) is 5.75 Å². The molecule has 0 amide bonds. The van der Waals surface area contributed by atoms with Crippen molar-refractivity contribution in [2.24, 2.45) is 4.99 Å². The number of alkyl halides is 2. The second-order valence-corrected chi connectivity index (χ2v) is 6.96. The molecular formula is C18H22F2N4OS. The van der Waals surface area contributed by atoms with Crippen molar-refractivity contribution in [1.82, 2.24) is 10.6 Å². The number of aliphatic imine (C=N–C) groups is 1. The number of nitrogens with zero attached hydrogens (tertiary/aromatic N) is 2. The summed E-state index contributed by atoms with van der Waals surface area (Å²) in [7, 11) is 1.74. The molecule has 1 fully saturated rings. The van der Waals surface area contributed by atoms with Gasteiger partial charge in [0.15, 0.2) is 5.96 Å². The molecule has 1 aromatic heterocycles. The van der Waals surface area contributed by atoms with Gasteiger partial charge in [-0.25, -0.2) is 0 Å². The average Bonchev–Trinajstić information content (AvgIpc) is 3.30. The van der Waals surface area contributed by atoms with Gasteiger partial charge in [0.2, 0.25) is 0 Å². The summed E-state index contributed by atoms with van der Waals surface area (Å²) in [5.74, 6) is 0.950. The second kappa shape index (κ2) is 8.84. The summed E-state index contributed by atoms with van der Waals surface area (Å²) in [5.41, 5.74) is 0.693. The Bertz CT molecular complexity index is 724. The van der Waals surface area contributed by atoms with E-state index in [-0.39, 0.29) is 11.8 Å². The zero-order valence-corrected chi connectivity index (χ0v) is 15.3. The first-order valence-electron chi connectivity index (χ1n) is 8.44. The van der Waals surface area contributed by atoms with Crippen LogP contribution in [-0.4, -0.2) is 38.8 Å². The molecule has 2 aromatic rings. The van der Waals surface area contributed by atoms with Gasteiger partial charge in [-0.05, 0) is 30.0 Å². The van der Waals surface area contributed by atoms with Crippen LogP contribution in [0, 0.1) is 0 Å². The zero-order chi connectivity index (χ0) is 18.4. The van der Waals surface area contributed by atoms with E-state index >= 15 is 0 Å². The number of anilines is 1. The number of thiophene rings is 1. The third-order valence-electron chi connectivity index (χ3n) is 4.18. The van der Waals surface area contributed by atoms with Crippen LogP contribution in [-0.2, 0) is 6.54 Å². The van der Waals surface area contributed by atoms with Gasteiger partial charge in [0.1, 0.15) is 5.75 Å². The van der Waals surface area contributed by atoms with Crippen LogP contribution in [0.1, 0.15) is 11.3 Å². The minimum Gasteiger partial charge on any atom is -0.433 e. The largest absolute Gasteiger partial charge is 0.433 e. The highest BCUT2D eigenvalue weighted by atomic mass is 32.1. The highest BCUT2D eigenvalue weighted by molar-refractivity contribution is 7.09. The maximum Gasteiger partial charge on any atom is 0.387 e. The SMILES string of the molecule is CN=C(NCc1cccs1)NC1CCN(c2ccccc2OC(F)F)C1. The van der Waals surface area contributed by atoms with Gasteiger partial charge in [-0.3, -0.25) is 4.99 Å². The maximum absolute atomic E-state index is 12.6.